The Bertz CT molecular complexity index is 2090. The van der Waals surface area contributed by atoms with Gasteiger partial charge in [0.1, 0.15) is 18.6 Å². The molecule has 1 aliphatic rings. The number of unbranched alkanes of at least 4 members (excludes halogenated alkanes) is 2. The number of aliphatic hydroxyl groups excluding tert-OH is 1. The molecule has 1 fully saturated rings. The normalized spacial score (nSPS) is 14.4. The van der Waals surface area contributed by atoms with Gasteiger partial charge in [-0.3, -0.25) is 43.6 Å². The van der Waals surface area contributed by atoms with Gasteiger partial charge in [-0.05, 0) is 88.0 Å². The highest BCUT2D eigenvalue weighted by molar-refractivity contribution is 7.80. The SMILES string of the molecule is CC.CCC(=O)O.CN.CO.Cc1ccc(CN(CCCCC(NC(=O)NCC=O)C(=O)O)C(=O)CCCCNC(=S)Nc2ccc(CC3CN(CC(N)=O)CCN(CC(N)=O)CCN(CC=O)CCN3CC(N)=O)cc2)cc1. The average Bonchev–Trinajstić information content (AvgIpc) is 3.42. The number of thiocarbonyl (C=S) groups is 1. The van der Waals surface area contributed by atoms with Crippen molar-refractivity contribution in [3.63, 3.8) is 0 Å². The van der Waals surface area contributed by atoms with Crippen molar-refractivity contribution in [2.24, 2.45) is 22.9 Å². The smallest absolute Gasteiger partial charge is 0.326 e. The lowest BCUT2D eigenvalue weighted by Crippen LogP contribution is -2.54. The number of hydrogen-bond acceptors (Lipinski definition) is 16. The van der Waals surface area contributed by atoms with Gasteiger partial charge < -0.3 is 74.0 Å². The lowest BCUT2D eigenvalue weighted by atomic mass is 10.0. The number of primary amides is 3. The standard InChI is InChI=1S/C46H70N12O9S.C3H6O2.C2H6.CH5N.CH4O/c1-34-8-10-36(11-9-34)29-58(18-5-3-6-39(44(65)66)53-45(67)50-17-26-59)43(64)7-2-4-16-51-46(68)52-37-14-12-35(13-15-37)28-38-30-56(32-41(48)62)22-21-55(31-40(47)61)20-19-54(25-27-60)23-24-57(38)33-42(49)63;1-2-3(4)5;3*1-2/h8-15,26-27,38-39H,2-7,16-25,28-33H2,1H3,(H2,47,61)(H2,48,62)(H2,49,63)(H,65,66)(H2,50,53,67)(H2,51,52,68);2H2,1H3,(H,4,5);1-2H3;2H2,1H3;2H,1H3. The van der Waals surface area contributed by atoms with E-state index in [4.69, 9.17) is 39.6 Å². The van der Waals surface area contributed by atoms with E-state index in [-0.39, 0.29) is 57.5 Å². The predicted octanol–water partition coefficient (Wildman–Crippen LogP) is 0.0802. The van der Waals surface area contributed by atoms with Gasteiger partial charge in [0, 0.05) is 97.1 Å². The Morgan fingerprint density at radius 2 is 1.28 bits per heavy atom. The quantitative estimate of drug-likeness (QED) is 0.0305. The summed E-state index contributed by atoms with van der Waals surface area (Å²) in [6.07, 6.45) is 4.70. The molecule has 0 aromatic heterocycles. The van der Waals surface area contributed by atoms with Crippen LogP contribution in [0.4, 0.5) is 10.5 Å². The number of carboxylic acid groups (broad SMARTS) is 2. The summed E-state index contributed by atoms with van der Waals surface area (Å²) in [6.45, 7) is 11.8. The summed E-state index contributed by atoms with van der Waals surface area (Å²) in [5.74, 6) is -3.49. The van der Waals surface area contributed by atoms with Crippen molar-refractivity contribution < 1.29 is 58.5 Å². The number of amides is 6. The van der Waals surface area contributed by atoms with Crippen LogP contribution in [0.3, 0.4) is 0 Å². The molecule has 0 spiro atoms. The number of urea groups is 1. The predicted molar refractivity (Wildman–Crippen MR) is 309 cm³/mol. The van der Waals surface area contributed by atoms with Crippen LogP contribution in [0.5, 0.6) is 0 Å². The highest BCUT2D eigenvalue weighted by Crippen LogP contribution is 2.17. The van der Waals surface area contributed by atoms with E-state index in [0.717, 1.165) is 35.8 Å². The van der Waals surface area contributed by atoms with Crippen molar-refractivity contribution in [1.29, 1.82) is 0 Å². The maximum Gasteiger partial charge on any atom is 0.326 e. The molecule has 3 rings (SSSR count). The van der Waals surface area contributed by atoms with Crippen LogP contribution in [0.2, 0.25) is 0 Å². The number of nitrogens with zero attached hydrogens (tertiary/aromatic N) is 5. The fourth-order valence-electron chi connectivity index (χ4n) is 7.77. The van der Waals surface area contributed by atoms with Gasteiger partial charge in [-0.15, -0.1) is 0 Å². The topological polar surface area (TPSA) is 383 Å². The Hall–Kier alpha value is -6.68. The largest absolute Gasteiger partial charge is 0.481 e. The van der Waals surface area contributed by atoms with E-state index in [2.05, 4.69) is 27.0 Å². The van der Waals surface area contributed by atoms with Crippen LogP contribution in [0.1, 0.15) is 82.4 Å². The number of aliphatic hydroxyl groups is 1. The van der Waals surface area contributed by atoms with Gasteiger partial charge in [0.25, 0.3) is 0 Å². The monoisotopic (exact) mass is 1130 g/mol. The Morgan fingerprint density at radius 3 is 1.82 bits per heavy atom. The summed E-state index contributed by atoms with van der Waals surface area (Å²) in [7, 11) is 2.50. The average molecular weight is 1130 g/mol. The number of carbonyl (C=O) groups excluding carboxylic acids is 7. The summed E-state index contributed by atoms with van der Waals surface area (Å²) >= 11 is 5.57. The first kappa shape index (κ1) is 74.4. The van der Waals surface area contributed by atoms with Crippen molar-refractivity contribution in [3.8, 4) is 0 Å². The molecule has 446 valence electrons. The first-order valence-corrected chi connectivity index (χ1v) is 26.8. The molecule has 2 atom stereocenters. The van der Waals surface area contributed by atoms with Crippen LogP contribution in [-0.4, -0.2) is 217 Å². The number of nitrogens with one attached hydrogen (secondary N) is 4. The zero-order valence-electron chi connectivity index (χ0n) is 47.2. The van der Waals surface area contributed by atoms with E-state index in [1.54, 1.807) is 11.8 Å². The molecule has 6 amide bonds. The maximum absolute atomic E-state index is 13.5. The second-order valence-electron chi connectivity index (χ2n) is 17.7. The number of nitrogens with two attached hydrogens (primary N) is 4. The van der Waals surface area contributed by atoms with Gasteiger partial charge in [0.05, 0.1) is 32.7 Å². The molecule has 15 N–H and O–H groups in total. The molecule has 0 bridgehead atoms. The van der Waals surface area contributed by atoms with Gasteiger partial charge in [0.15, 0.2) is 5.11 Å². The number of rotatable bonds is 28. The minimum absolute atomic E-state index is 0.0188. The van der Waals surface area contributed by atoms with E-state index in [1.165, 1.54) is 7.05 Å². The van der Waals surface area contributed by atoms with E-state index >= 15 is 0 Å². The van der Waals surface area contributed by atoms with Crippen LogP contribution in [0.25, 0.3) is 0 Å². The number of carbonyl (C=O) groups is 9. The lowest BCUT2D eigenvalue weighted by molar-refractivity contribution is -0.139. The van der Waals surface area contributed by atoms with Gasteiger partial charge in [-0.25, -0.2) is 9.59 Å². The first-order valence-electron chi connectivity index (χ1n) is 26.4. The third-order valence-corrected chi connectivity index (χ3v) is 11.9. The van der Waals surface area contributed by atoms with Gasteiger partial charge in [-0.1, -0.05) is 62.7 Å². The second-order valence-corrected chi connectivity index (χ2v) is 18.1. The summed E-state index contributed by atoms with van der Waals surface area (Å²) in [5.41, 5.74) is 25.2. The van der Waals surface area contributed by atoms with Crippen molar-refractivity contribution in [1.82, 2.24) is 40.4 Å². The van der Waals surface area contributed by atoms with Crippen molar-refractivity contribution in [2.75, 3.05) is 111 Å². The molecule has 26 heteroatoms. The number of carboxylic acids is 2. The first-order chi connectivity index (χ1) is 37.8. The number of benzene rings is 2. The Kier molecular flexibility index (Phi) is 43.6. The van der Waals surface area contributed by atoms with Crippen LogP contribution in [0.15, 0.2) is 48.5 Å². The molecule has 1 saturated heterocycles. The molecular formula is C53H91N13O12S. The van der Waals surface area contributed by atoms with Crippen molar-refractivity contribution in [3.05, 3.63) is 65.2 Å². The van der Waals surface area contributed by atoms with E-state index in [9.17, 15) is 48.3 Å². The van der Waals surface area contributed by atoms with E-state index < -0.39 is 41.7 Å². The minimum Gasteiger partial charge on any atom is -0.481 e. The van der Waals surface area contributed by atoms with Crippen LogP contribution in [-0.2, 0) is 51.3 Å². The molecule has 2 aromatic carbocycles. The van der Waals surface area contributed by atoms with Crippen molar-refractivity contribution in [2.45, 2.75) is 97.7 Å². The number of hydrogen-bond donors (Lipinski definition) is 11. The summed E-state index contributed by atoms with van der Waals surface area (Å²) in [4.78, 5) is 114. The molecular weight excluding hydrogens is 1040 g/mol. The Labute approximate surface area is 471 Å². The maximum atomic E-state index is 13.5. The fraction of sp³-hybridized carbons (Fsp3) is 0.585. The van der Waals surface area contributed by atoms with Gasteiger partial charge >= 0.3 is 18.0 Å². The molecule has 2 unspecified atom stereocenters. The highest BCUT2D eigenvalue weighted by Gasteiger charge is 2.27. The summed E-state index contributed by atoms with van der Waals surface area (Å²) in [5, 5.41) is 35.7. The molecule has 79 heavy (non-hydrogen) atoms. The van der Waals surface area contributed by atoms with Crippen LogP contribution in [0, 0.1) is 6.92 Å². The number of aldehydes is 2. The zero-order chi connectivity index (χ0) is 60.1. The fourth-order valence-corrected chi connectivity index (χ4v) is 7.99. The third-order valence-electron chi connectivity index (χ3n) is 11.7. The Balaban J connectivity index is 0. The lowest BCUT2D eigenvalue weighted by Gasteiger charge is -2.38. The number of aryl methyl sites for hydroxylation is 1. The molecule has 0 saturated carbocycles. The Morgan fingerprint density at radius 1 is 0.734 bits per heavy atom. The zero-order valence-corrected chi connectivity index (χ0v) is 48.0. The summed E-state index contributed by atoms with van der Waals surface area (Å²) in [6, 6.07) is 13.4. The van der Waals surface area contributed by atoms with E-state index in [0.29, 0.717) is 115 Å². The number of aliphatic carboxylic acids is 2. The molecule has 0 radical (unpaired) electrons. The molecule has 0 aliphatic carbocycles. The van der Waals surface area contributed by atoms with Crippen molar-refractivity contribution >= 4 is 77.2 Å². The summed E-state index contributed by atoms with van der Waals surface area (Å²) < 4.78 is 0. The molecule has 1 heterocycles. The second kappa shape index (κ2) is 46.3. The van der Waals surface area contributed by atoms with Gasteiger partial charge in [-0.2, -0.15) is 0 Å². The molecule has 1 aliphatic heterocycles. The minimum atomic E-state index is -1.19. The third kappa shape index (κ3) is 36.9. The van der Waals surface area contributed by atoms with Crippen LogP contribution >= 0.6 is 12.2 Å². The number of anilines is 1. The highest BCUT2D eigenvalue weighted by atomic mass is 32.1. The van der Waals surface area contributed by atoms with Crippen LogP contribution < -0.4 is 44.2 Å². The van der Waals surface area contributed by atoms with Gasteiger partial charge in [0.2, 0.25) is 23.6 Å². The van der Waals surface area contributed by atoms with E-state index in [1.807, 2.05) is 88.9 Å². The molecule has 2 aromatic rings. The molecule has 25 nitrogen and oxygen atoms in total.